The predicted molar refractivity (Wildman–Crippen MR) is 58.1 cm³/mol. The first-order chi connectivity index (χ1) is 6.63. The number of H-pyrrole nitrogens is 1. The molecule has 0 saturated heterocycles. The lowest BCUT2D eigenvalue weighted by molar-refractivity contribution is 0.316. The smallest absolute Gasteiger partial charge is 0.265 e. The number of nitrogens with one attached hydrogen (secondary N) is 1. The van der Waals surface area contributed by atoms with Gasteiger partial charge in [0.25, 0.3) is 11.1 Å². The molecule has 0 aliphatic carbocycles. The highest BCUT2D eigenvalue weighted by atomic mass is 35.5. The molecule has 6 nitrogen and oxygen atoms in total. The van der Waals surface area contributed by atoms with Crippen molar-refractivity contribution in [3.8, 4) is 0 Å². The monoisotopic (exact) mass is 233 g/mol. The maximum Gasteiger partial charge on any atom is 0.265 e. The molecule has 0 saturated carbocycles. The van der Waals surface area contributed by atoms with Gasteiger partial charge in [-0.2, -0.15) is 0 Å². The molecule has 84 valence electrons. The van der Waals surface area contributed by atoms with Crippen LogP contribution in [0.4, 0.5) is 0 Å². The van der Waals surface area contributed by atoms with Crippen LogP contribution in [-0.4, -0.2) is 20.7 Å². The number of aromatic amines is 1. The second-order valence-electron chi connectivity index (χ2n) is 2.88. The number of rotatable bonds is 3. The third kappa shape index (κ3) is 3.99. The number of halogens is 1. The third-order valence-corrected chi connectivity index (χ3v) is 1.76. The topological polar surface area (TPSA) is 87.5 Å². The maximum atomic E-state index is 11.2. The first-order valence-corrected chi connectivity index (χ1v) is 4.11. The van der Waals surface area contributed by atoms with Gasteiger partial charge in [0.15, 0.2) is 0 Å². The SMILES string of the molecule is C/C(CCn1[nH]c(=O)ccc1=O)=N\O.Cl. The molecule has 15 heavy (non-hydrogen) atoms. The summed E-state index contributed by atoms with van der Waals surface area (Å²) < 4.78 is 1.18. The average Bonchev–Trinajstić information content (AvgIpc) is 2.19. The van der Waals surface area contributed by atoms with E-state index in [9.17, 15) is 9.59 Å². The predicted octanol–water partition coefficient (Wildman–Crippen LogP) is 0.199. The Balaban J connectivity index is 0.00000196. The van der Waals surface area contributed by atoms with Crippen molar-refractivity contribution in [2.45, 2.75) is 19.9 Å². The lowest BCUT2D eigenvalue weighted by atomic mass is 10.3. The molecule has 0 aliphatic rings. The number of nitrogens with zero attached hydrogens (tertiary/aromatic N) is 2. The van der Waals surface area contributed by atoms with Crippen molar-refractivity contribution in [1.29, 1.82) is 0 Å². The fourth-order valence-electron chi connectivity index (χ4n) is 0.952. The van der Waals surface area contributed by atoms with E-state index in [1.54, 1.807) is 6.92 Å². The van der Waals surface area contributed by atoms with Crippen LogP contribution in [0.2, 0.25) is 0 Å². The molecule has 1 aromatic rings. The molecule has 2 N–H and O–H groups in total. The summed E-state index contributed by atoms with van der Waals surface area (Å²) in [6, 6.07) is 2.37. The first-order valence-electron chi connectivity index (χ1n) is 4.11. The Labute approximate surface area is 91.6 Å². The second-order valence-corrected chi connectivity index (χ2v) is 2.88. The molecule has 1 heterocycles. The van der Waals surface area contributed by atoms with Gasteiger partial charge in [0.2, 0.25) is 0 Å². The third-order valence-electron chi connectivity index (χ3n) is 1.76. The van der Waals surface area contributed by atoms with Crippen LogP contribution in [-0.2, 0) is 6.54 Å². The van der Waals surface area contributed by atoms with E-state index in [0.717, 1.165) is 0 Å². The van der Waals surface area contributed by atoms with Crippen molar-refractivity contribution >= 4 is 18.1 Å². The fraction of sp³-hybridized carbons (Fsp3) is 0.375. The zero-order valence-electron chi connectivity index (χ0n) is 8.14. The Morgan fingerprint density at radius 3 is 2.80 bits per heavy atom. The van der Waals surface area contributed by atoms with E-state index in [2.05, 4.69) is 10.3 Å². The Kier molecular flexibility index (Phi) is 5.40. The number of hydrogen-bond acceptors (Lipinski definition) is 4. The van der Waals surface area contributed by atoms with Gasteiger partial charge in [-0.3, -0.25) is 14.7 Å². The molecule has 0 fully saturated rings. The molecular formula is C8H12ClN3O3. The van der Waals surface area contributed by atoms with Gasteiger partial charge < -0.3 is 5.21 Å². The lowest BCUT2D eigenvalue weighted by Crippen LogP contribution is -2.28. The minimum absolute atomic E-state index is 0. The van der Waals surface area contributed by atoms with Crippen LogP contribution in [0.15, 0.2) is 26.9 Å². The van der Waals surface area contributed by atoms with E-state index < -0.39 is 0 Å². The van der Waals surface area contributed by atoms with Gasteiger partial charge in [-0.1, -0.05) is 5.16 Å². The van der Waals surface area contributed by atoms with E-state index in [4.69, 9.17) is 5.21 Å². The van der Waals surface area contributed by atoms with Crippen LogP contribution in [0.1, 0.15) is 13.3 Å². The van der Waals surface area contributed by atoms with Crippen LogP contribution in [0.3, 0.4) is 0 Å². The Morgan fingerprint density at radius 1 is 1.53 bits per heavy atom. The van der Waals surface area contributed by atoms with Crippen LogP contribution < -0.4 is 11.1 Å². The van der Waals surface area contributed by atoms with Crippen LogP contribution >= 0.6 is 12.4 Å². The minimum Gasteiger partial charge on any atom is -0.411 e. The molecule has 0 spiro atoms. The molecule has 1 aromatic heterocycles. The van der Waals surface area contributed by atoms with Gasteiger partial charge in [0, 0.05) is 25.1 Å². The molecule has 0 aliphatic heterocycles. The van der Waals surface area contributed by atoms with Crippen molar-refractivity contribution < 1.29 is 5.21 Å². The van der Waals surface area contributed by atoms with Gasteiger partial charge in [-0.25, -0.2) is 4.68 Å². The highest BCUT2D eigenvalue weighted by molar-refractivity contribution is 5.85. The molecule has 0 unspecified atom stereocenters. The summed E-state index contributed by atoms with van der Waals surface area (Å²) in [6.45, 7) is 1.93. The zero-order chi connectivity index (χ0) is 10.6. The van der Waals surface area contributed by atoms with Gasteiger partial charge in [-0.15, -0.1) is 12.4 Å². The van der Waals surface area contributed by atoms with Crippen LogP contribution in [0.25, 0.3) is 0 Å². The summed E-state index contributed by atoms with van der Waals surface area (Å²) in [5.74, 6) is 0. The van der Waals surface area contributed by atoms with Crippen molar-refractivity contribution in [2.24, 2.45) is 5.16 Å². The molecule has 0 aromatic carbocycles. The van der Waals surface area contributed by atoms with Crippen molar-refractivity contribution in [3.63, 3.8) is 0 Å². The lowest BCUT2D eigenvalue weighted by Gasteiger charge is -2.02. The number of aromatic nitrogens is 2. The average molecular weight is 234 g/mol. The normalized spacial score (nSPS) is 10.9. The van der Waals surface area contributed by atoms with Gasteiger partial charge >= 0.3 is 0 Å². The summed E-state index contributed by atoms with van der Waals surface area (Å²) in [5.41, 5.74) is -0.111. The largest absolute Gasteiger partial charge is 0.411 e. The van der Waals surface area contributed by atoms with E-state index in [1.165, 1.54) is 16.8 Å². The molecule has 0 bridgehead atoms. The Morgan fingerprint density at radius 2 is 2.20 bits per heavy atom. The van der Waals surface area contributed by atoms with E-state index >= 15 is 0 Å². The van der Waals surface area contributed by atoms with E-state index in [0.29, 0.717) is 18.7 Å². The van der Waals surface area contributed by atoms with Crippen LogP contribution in [0.5, 0.6) is 0 Å². The molecule has 0 amide bonds. The minimum atomic E-state index is -0.330. The number of oxime groups is 1. The highest BCUT2D eigenvalue weighted by Crippen LogP contribution is 1.86. The fourth-order valence-corrected chi connectivity index (χ4v) is 0.952. The van der Waals surface area contributed by atoms with E-state index in [1.807, 2.05) is 0 Å². The Hall–Kier alpha value is -1.56. The maximum absolute atomic E-state index is 11.2. The number of hydrogen-bond donors (Lipinski definition) is 2. The van der Waals surface area contributed by atoms with Crippen molar-refractivity contribution in [3.05, 3.63) is 32.8 Å². The van der Waals surface area contributed by atoms with Gasteiger partial charge in [-0.05, 0) is 6.92 Å². The summed E-state index contributed by atoms with van der Waals surface area (Å²) in [5, 5.41) is 13.7. The van der Waals surface area contributed by atoms with Crippen molar-refractivity contribution in [1.82, 2.24) is 9.78 Å². The quantitative estimate of drug-likeness (QED) is 0.444. The summed E-state index contributed by atoms with van der Waals surface area (Å²) >= 11 is 0. The zero-order valence-corrected chi connectivity index (χ0v) is 8.95. The summed E-state index contributed by atoms with van der Waals surface area (Å²) in [7, 11) is 0. The first kappa shape index (κ1) is 13.4. The molecule has 0 radical (unpaired) electrons. The molecule has 0 atom stereocenters. The van der Waals surface area contributed by atoms with Crippen LogP contribution in [0, 0.1) is 0 Å². The summed E-state index contributed by atoms with van der Waals surface area (Å²) in [6.07, 6.45) is 0.413. The summed E-state index contributed by atoms with van der Waals surface area (Å²) in [4.78, 5) is 22.0. The Bertz CT molecular complexity index is 449. The molecular weight excluding hydrogens is 222 g/mol. The van der Waals surface area contributed by atoms with Crippen molar-refractivity contribution in [2.75, 3.05) is 0 Å². The van der Waals surface area contributed by atoms with E-state index in [-0.39, 0.29) is 23.5 Å². The standard InChI is InChI=1S/C8H11N3O3.ClH/c1-6(10-14)4-5-11-8(13)3-2-7(12)9-11;/h2-3,14H,4-5H2,1H3,(H,9,12);1H/b10-6+;. The van der Waals surface area contributed by atoms with Gasteiger partial charge in [0.1, 0.15) is 0 Å². The molecule has 7 heteroatoms. The highest BCUT2D eigenvalue weighted by Gasteiger charge is 1.97. The second kappa shape index (κ2) is 6.02. The number of aryl methyl sites for hydroxylation is 1. The van der Waals surface area contributed by atoms with Gasteiger partial charge in [0.05, 0.1) is 5.71 Å². The molecule has 1 rings (SSSR count).